The molecule has 0 amide bonds. The quantitative estimate of drug-likeness (QED) is 0.176. The molecular formula is C31H30FN7O5S. The monoisotopic (exact) mass is 631 g/mol. The van der Waals surface area contributed by atoms with Crippen molar-refractivity contribution in [3.8, 4) is 39.7 Å². The lowest BCUT2D eigenvalue weighted by atomic mass is 10.1. The number of aromatic nitrogens is 5. The number of methoxy groups -OCH3 is 2. The van der Waals surface area contributed by atoms with Gasteiger partial charge in [0.1, 0.15) is 36.0 Å². The summed E-state index contributed by atoms with van der Waals surface area (Å²) in [5.74, 6) is 1.19. The van der Waals surface area contributed by atoms with Crippen molar-refractivity contribution in [3.63, 3.8) is 0 Å². The number of aliphatic hydroxyl groups is 1. The molecule has 0 bridgehead atoms. The van der Waals surface area contributed by atoms with Gasteiger partial charge in [0, 0.05) is 53.9 Å². The number of nitrogens with zero attached hydrogens (tertiary/aromatic N) is 6. The molecule has 1 aliphatic heterocycles. The van der Waals surface area contributed by atoms with Crippen LogP contribution in [0.25, 0.3) is 22.2 Å². The van der Waals surface area contributed by atoms with E-state index in [4.69, 9.17) is 18.9 Å². The van der Waals surface area contributed by atoms with Crippen molar-refractivity contribution in [2.45, 2.75) is 25.2 Å². The molecule has 1 aliphatic rings. The number of hydrogen-bond acceptors (Lipinski definition) is 13. The molecule has 14 heteroatoms. The van der Waals surface area contributed by atoms with E-state index in [1.54, 1.807) is 49.1 Å². The minimum absolute atomic E-state index is 0.0749. The fourth-order valence-electron chi connectivity index (χ4n) is 4.88. The molecule has 3 aromatic heterocycles. The molecular weight excluding hydrogens is 601 g/mol. The molecule has 0 aliphatic carbocycles. The number of hydrogen-bond donors (Lipinski definition) is 2. The number of rotatable bonds is 11. The molecule has 0 saturated carbocycles. The fraction of sp³-hybridized carbons (Fsp3) is 0.258. The third-order valence-corrected chi connectivity index (χ3v) is 7.98. The van der Waals surface area contributed by atoms with Gasteiger partial charge < -0.3 is 29.4 Å². The van der Waals surface area contributed by atoms with Crippen LogP contribution in [-0.2, 0) is 0 Å². The molecule has 2 N–H and O–H groups in total. The van der Waals surface area contributed by atoms with E-state index in [-0.39, 0.29) is 23.6 Å². The fourth-order valence-corrected chi connectivity index (χ4v) is 5.58. The van der Waals surface area contributed by atoms with Crippen LogP contribution in [0, 0.1) is 5.82 Å². The van der Waals surface area contributed by atoms with Crippen molar-refractivity contribution >= 4 is 33.7 Å². The zero-order valence-corrected chi connectivity index (χ0v) is 25.3. The summed E-state index contributed by atoms with van der Waals surface area (Å²) < 4.78 is 38.0. The molecule has 12 nitrogen and oxygen atoms in total. The van der Waals surface area contributed by atoms with Crippen LogP contribution < -0.4 is 24.3 Å². The minimum Gasteiger partial charge on any atom is -0.493 e. The van der Waals surface area contributed by atoms with E-state index >= 15 is 4.39 Å². The van der Waals surface area contributed by atoms with Crippen LogP contribution in [-0.4, -0.2) is 74.6 Å². The van der Waals surface area contributed by atoms with E-state index in [9.17, 15) is 5.11 Å². The molecule has 6 rings (SSSR count). The van der Waals surface area contributed by atoms with Crippen molar-refractivity contribution in [1.29, 1.82) is 0 Å². The summed E-state index contributed by atoms with van der Waals surface area (Å²) in [5.41, 5.74) is 2.13. The van der Waals surface area contributed by atoms with Crippen LogP contribution in [0.15, 0.2) is 67.1 Å². The van der Waals surface area contributed by atoms with Crippen LogP contribution in [0.4, 0.5) is 15.9 Å². The highest BCUT2D eigenvalue weighted by molar-refractivity contribution is 7.11. The second-order valence-corrected chi connectivity index (χ2v) is 10.9. The van der Waals surface area contributed by atoms with E-state index in [1.807, 2.05) is 4.90 Å². The Morgan fingerprint density at radius 1 is 1.07 bits per heavy atom. The highest BCUT2D eigenvalue weighted by atomic mass is 32.1. The zero-order valence-electron chi connectivity index (χ0n) is 24.5. The highest BCUT2D eigenvalue weighted by Gasteiger charge is 2.25. The maximum atomic E-state index is 15.3. The Balaban J connectivity index is 1.17. The van der Waals surface area contributed by atoms with Crippen molar-refractivity contribution in [3.05, 3.63) is 72.9 Å². The Kier molecular flexibility index (Phi) is 8.96. The third kappa shape index (κ3) is 6.77. The number of piperidine rings is 1. The second kappa shape index (κ2) is 13.4. The minimum atomic E-state index is -0.672. The van der Waals surface area contributed by atoms with Gasteiger partial charge >= 0.3 is 6.01 Å². The number of fused-ring (bicyclic) bond motifs is 1. The Labute approximate surface area is 262 Å². The molecule has 232 valence electrons. The number of benzene rings is 2. The summed E-state index contributed by atoms with van der Waals surface area (Å²) in [4.78, 5) is 23.3. The number of halogens is 1. The molecule has 5 aromatic rings. The van der Waals surface area contributed by atoms with E-state index in [2.05, 4.69) is 36.8 Å². The van der Waals surface area contributed by atoms with Crippen molar-refractivity contribution in [2.75, 3.05) is 32.6 Å². The van der Waals surface area contributed by atoms with Gasteiger partial charge in [-0.25, -0.2) is 29.3 Å². The predicted octanol–water partition coefficient (Wildman–Crippen LogP) is 5.58. The molecule has 45 heavy (non-hydrogen) atoms. The topological polar surface area (TPSA) is 137 Å². The lowest BCUT2D eigenvalue weighted by Crippen LogP contribution is -2.43. The van der Waals surface area contributed by atoms with E-state index in [1.165, 1.54) is 36.9 Å². The lowest BCUT2D eigenvalue weighted by molar-refractivity contribution is 0.000481. The summed E-state index contributed by atoms with van der Waals surface area (Å²) in [6.45, 7) is 5.00. The summed E-state index contributed by atoms with van der Waals surface area (Å²) in [7, 11) is 3.06. The molecule has 1 atom stereocenters. The van der Waals surface area contributed by atoms with Gasteiger partial charge in [0.25, 0.3) is 5.19 Å². The molecule has 0 spiro atoms. The first-order valence-electron chi connectivity index (χ1n) is 14.0. The zero-order chi connectivity index (χ0) is 31.3. The normalized spacial score (nSPS) is 14.6. The lowest BCUT2D eigenvalue weighted by Gasteiger charge is -2.34. The number of thiazole rings is 1. The van der Waals surface area contributed by atoms with Crippen molar-refractivity contribution in [1.82, 2.24) is 29.8 Å². The summed E-state index contributed by atoms with van der Waals surface area (Å²) >= 11 is 1.27. The maximum absolute atomic E-state index is 15.3. The number of nitrogens with one attached hydrogen (secondary N) is 1. The van der Waals surface area contributed by atoms with Crippen LogP contribution in [0.5, 0.6) is 28.5 Å². The van der Waals surface area contributed by atoms with Crippen LogP contribution >= 0.6 is 11.3 Å². The number of anilines is 2. The molecule has 4 heterocycles. The van der Waals surface area contributed by atoms with Crippen molar-refractivity contribution in [2.24, 2.45) is 0 Å². The largest absolute Gasteiger partial charge is 0.493 e. The number of ether oxygens (including phenoxy) is 4. The molecule has 2 aromatic carbocycles. The summed E-state index contributed by atoms with van der Waals surface area (Å²) in [5, 5.41) is 15.9. The van der Waals surface area contributed by atoms with Gasteiger partial charge in [-0.2, -0.15) is 0 Å². The highest BCUT2D eigenvalue weighted by Crippen LogP contribution is 2.37. The Morgan fingerprint density at radius 3 is 2.58 bits per heavy atom. The van der Waals surface area contributed by atoms with Crippen molar-refractivity contribution < 1.29 is 28.4 Å². The second-order valence-electron chi connectivity index (χ2n) is 10.1. The average molecular weight is 632 g/mol. The Bertz CT molecular complexity index is 1800. The average Bonchev–Trinajstić information content (AvgIpc) is 3.54. The van der Waals surface area contributed by atoms with E-state index < -0.39 is 12.0 Å². The van der Waals surface area contributed by atoms with Gasteiger partial charge in [0.2, 0.25) is 0 Å². The standard InChI is InChI=1S/C31H30FN7O5S/c1-4-28(40)39-9-7-19(8-10-39)43-27-12-21-24(13-26(27)41-2)35-17-36-29(21)37-23-6-5-20(11-22(23)32)44-31-38-25(16-45-31)18-14-33-30(42-3)34-15-18/h4-6,11-17,19,28,40H,1,7-10H2,2-3H3,(H,35,36,37). The van der Waals surface area contributed by atoms with Gasteiger partial charge in [0.05, 0.1) is 31.1 Å². The van der Waals surface area contributed by atoms with Crippen LogP contribution in [0.3, 0.4) is 0 Å². The summed E-state index contributed by atoms with van der Waals surface area (Å²) in [6.07, 6.45) is 6.82. The molecule has 1 fully saturated rings. The first-order valence-corrected chi connectivity index (χ1v) is 14.9. The number of likely N-dealkylation sites (tertiary alicyclic amines) is 1. The van der Waals surface area contributed by atoms with Crippen LogP contribution in [0.2, 0.25) is 0 Å². The van der Waals surface area contributed by atoms with Gasteiger partial charge in [-0.1, -0.05) is 17.9 Å². The SMILES string of the molecule is C=CC(O)N1CCC(Oc2cc3c(Nc4ccc(Oc5nc(-c6cnc(OC)nc6)cs5)cc4F)ncnc3cc2OC)CC1. The van der Waals surface area contributed by atoms with Gasteiger partial charge in [-0.3, -0.25) is 4.90 Å². The van der Waals surface area contributed by atoms with E-state index in [0.29, 0.717) is 57.8 Å². The van der Waals surface area contributed by atoms with E-state index in [0.717, 1.165) is 12.8 Å². The maximum Gasteiger partial charge on any atom is 0.316 e. The first-order chi connectivity index (χ1) is 21.9. The van der Waals surface area contributed by atoms with Crippen LogP contribution in [0.1, 0.15) is 12.8 Å². The molecule has 1 unspecified atom stereocenters. The van der Waals surface area contributed by atoms with Gasteiger partial charge in [0.15, 0.2) is 11.5 Å². The Morgan fingerprint density at radius 2 is 1.87 bits per heavy atom. The third-order valence-electron chi connectivity index (χ3n) is 7.26. The first kappa shape index (κ1) is 30.1. The summed E-state index contributed by atoms with van der Waals surface area (Å²) in [6, 6.07) is 8.30. The Hall–Kier alpha value is -4.92. The predicted molar refractivity (Wildman–Crippen MR) is 167 cm³/mol. The van der Waals surface area contributed by atoms with Gasteiger partial charge in [-0.05, 0) is 37.1 Å². The van der Waals surface area contributed by atoms with Gasteiger partial charge in [-0.15, -0.1) is 0 Å². The molecule has 1 saturated heterocycles. The number of aliphatic hydroxyl groups excluding tert-OH is 1. The molecule has 0 radical (unpaired) electrons. The smallest absolute Gasteiger partial charge is 0.316 e.